The second-order valence-electron chi connectivity index (χ2n) is 3.28. The van der Waals surface area contributed by atoms with E-state index in [9.17, 15) is 20.2 Å². The fraction of sp³-hybridized carbons (Fsp3) is 0. The van der Waals surface area contributed by atoms with Crippen LogP contribution in [0.2, 0.25) is 10.2 Å². The first-order chi connectivity index (χ1) is 8.41. The van der Waals surface area contributed by atoms with E-state index >= 15 is 0 Å². The van der Waals surface area contributed by atoms with Gasteiger partial charge in [0, 0.05) is 17.5 Å². The summed E-state index contributed by atoms with van der Waals surface area (Å²) in [7, 11) is 0. The van der Waals surface area contributed by atoms with E-state index in [2.05, 4.69) is 4.98 Å². The summed E-state index contributed by atoms with van der Waals surface area (Å²) in [5.74, 6) is 0. The first-order valence-electron chi connectivity index (χ1n) is 4.49. The van der Waals surface area contributed by atoms with E-state index in [1.165, 1.54) is 12.1 Å². The van der Waals surface area contributed by atoms with Crippen molar-refractivity contribution in [2.24, 2.45) is 0 Å². The number of nitrogens with zero attached hydrogens (tertiary/aromatic N) is 3. The molecule has 0 aliphatic carbocycles. The van der Waals surface area contributed by atoms with Gasteiger partial charge in [0.1, 0.15) is 5.02 Å². The topological polar surface area (TPSA) is 99.2 Å². The van der Waals surface area contributed by atoms with Crippen LogP contribution in [0, 0.1) is 20.2 Å². The molecule has 0 amide bonds. The maximum atomic E-state index is 10.8. The number of rotatable bonds is 2. The van der Waals surface area contributed by atoms with Gasteiger partial charge in [-0.1, -0.05) is 23.2 Å². The molecule has 0 unspecified atom stereocenters. The molecule has 18 heavy (non-hydrogen) atoms. The summed E-state index contributed by atoms with van der Waals surface area (Å²) < 4.78 is 0. The molecule has 1 aromatic carbocycles. The van der Waals surface area contributed by atoms with Gasteiger partial charge in [0.15, 0.2) is 0 Å². The van der Waals surface area contributed by atoms with E-state index in [0.29, 0.717) is 0 Å². The fourth-order valence-corrected chi connectivity index (χ4v) is 2.06. The van der Waals surface area contributed by atoms with Crippen LogP contribution < -0.4 is 0 Å². The zero-order valence-electron chi connectivity index (χ0n) is 8.46. The van der Waals surface area contributed by atoms with Crippen molar-refractivity contribution in [1.29, 1.82) is 0 Å². The van der Waals surface area contributed by atoms with E-state index in [1.54, 1.807) is 0 Å². The number of nitro groups is 2. The molecule has 2 rings (SSSR count). The van der Waals surface area contributed by atoms with Crippen LogP contribution >= 0.6 is 23.2 Å². The van der Waals surface area contributed by atoms with Crippen LogP contribution in [0.15, 0.2) is 18.2 Å². The monoisotopic (exact) mass is 287 g/mol. The molecule has 2 aromatic rings. The van der Waals surface area contributed by atoms with Crippen molar-refractivity contribution in [3.63, 3.8) is 0 Å². The third kappa shape index (κ3) is 1.93. The smallest absolute Gasteiger partial charge is 0.258 e. The molecule has 1 heterocycles. The summed E-state index contributed by atoms with van der Waals surface area (Å²) in [5, 5.41) is 20.9. The molecule has 0 aliphatic rings. The van der Waals surface area contributed by atoms with Gasteiger partial charge in [0.2, 0.25) is 5.15 Å². The van der Waals surface area contributed by atoms with Crippen molar-refractivity contribution >= 4 is 45.5 Å². The maximum Gasteiger partial charge on any atom is 0.325 e. The standard InChI is InChI=1S/C9H3Cl2N3O4/c10-7-5-3-4(13(15)16)1-2-6(5)12-9(11)8(7)14(17)18/h1-3H. The van der Waals surface area contributed by atoms with E-state index in [4.69, 9.17) is 23.2 Å². The van der Waals surface area contributed by atoms with Gasteiger partial charge in [0.05, 0.1) is 15.4 Å². The summed E-state index contributed by atoms with van der Waals surface area (Å²) in [6.07, 6.45) is 0. The van der Waals surface area contributed by atoms with E-state index < -0.39 is 15.5 Å². The molecular weight excluding hydrogens is 285 g/mol. The fourth-order valence-electron chi connectivity index (χ4n) is 1.44. The molecule has 0 bridgehead atoms. The molecule has 0 spiro atoms. The lowest BCUT2D eigenvalue weighted by atomic mass is 10.2. The zero-order valence-corrected chi connectivity index (χ0v) is 9.97. The second kappa shape index (κ2) is 4.35. The Labute approximate surface area is 109 Å². The van der Waals surface area contributed by atoms with Crippen LogP contribution in [0.25, 0.3) is 10.9 Å². The lowest BCUT2D eigenvalue weighted by Crippen LogP contribution is -1.95. The molecule has 0 saturated carbocycles. The molecule has 7 nitrogen and oxygen atoms in total. The molecule has 1 aromatic heterocycles. The van der Waals surface area contributed by atoms with Gasteiger partial charge < -0.3 is 0 Å². The van der Waals surface area contributed by atoms with Gasteiger partial charge >= 0.3 is 5.69 Å². The first-order valence-corrected chi connectivity index (χ1v) is 5.25. The van der Waals surface area contributed by atoms with Gasteiger partial charge in [-0.05, 0) is 6.07 Å². The molecule has 0 fully saturated rings. The molecular formula is C9H3Cl2N3O4. The van der Waals surface area contributed by atoms with Crippen LogP contribution in [0.5, 0.6) is 0 Å². The van der Waals surface area contributed by atoms with Gasteiger partial charge in [0.25, 0.3) is 5.69 Å². The lowest BCUT2D eigenvalue weighted by Gasteiger charge is -2.02. The van der Waals surface area contributed by atoms with Crippen LogP contribution in [0.4, 0.5) is 11.4 Å². The van der Waals surface area contributed by atoms with Gasteiger partial charge in [-0.25, -0.2) is 4.98 Å². The number of aromatic nitrogens is 1. The van der Waals surface area contributed by atoms with Crippen LogP contribution in [-0.2, 0) is 0 Å². The Kier molecular flexibility index (Phi) is 3.02. The number of hydrogen-bond donors (Lipinski definition) is 0. The molecule has 0 radical (unpaired) electrons. The lowest BCUT2D eigenvalue weighted by molar-refractivity contribution is -0.385. The number of fused-ring (bicyclic) bond motifs is 1. The maximum absolute atomic E-state index is 10.8. The van der Waals surface area contributed by atoms with Gasteiger partial charge in [-0.3, -0.25) is 20.2 Å². The minimum atomic E-state index is -0.782. The minimum absolute atomic E-state index is 0.113. The van der Waals surface area contributed by atoms with Crippen LogP contribution in [0.1, 0.15) is 0 Å². The number of nitro benzene ring substituents is 1. The van der Waals surface area contributed by atoms with Crippen LogP contribution in [-0.4, -0.2) is 14.8 Å². The number of hydrogen-bond acceptors (Lipinski definition) is 5. The summed E-state index contributed by atoms with van der Waals surface area (Å²) in [5.41, 5.74) is -0.546. The van der Waals surface area contributed by atoms with Gasteiger partial charge in [-0.2, -0.15) is 0 Å². The number of non-ortho nitro benzene ring substituents is 1. The summed E-state index contributed by atoms with van der Waals surface area (Å²) in [6.45, 7) is 0. The molecule has 92 valence electrons. The molecule has 0 N–H and O–H groups in total. The average Bonchev–Trinajstić information content (AvgIpc) is 2.27. The molecule has 0 atom stereocenters. The average molecular weight is 288 g/mol. The van der Waals surface area contributed by atoms with Crippen molar-refractivity contribution in [2.45, 2.75) is 0 Å². The zero-order chi connectivity index (χ0) is 13.4. The molecule has 0 aliphatic heterocycles. The highest BCUT2D eigenvalue weighted by Crippen LogP contribution is 2.37. The normalized spacial score (nSPS) is 10.6. The third-order valence-electron chi connectivity index (χ3n) is 2.23. The Balaban J connectivity index is 2.85. The highest BCUT2D eigenvalue weighted by Gasteiger charge is 2.23. The Morgan fingerprint density at radius 2 is 1.78 bits per heavy atom. The van der Waals surface area contributed by atoms with Crippen molar-refractivity contribution in [3.8, 4) is 0 Å². The quantitative estimate of drug-likeness (QED) is 0.479. The van der Waals surface area contributed by atoms with E-state index in [1.807, 2.05) is 0 Å². The highest BCUT2D eigenvalue weighted by atomic mass is 35.5. The van der Waals surface area contributed by atoms with Crippen molar-refractivity contribution in [1.82, 2.24) is 4.98 Å². The van der Waals surface area contributed by atoms with Gasteiger partial charge in [-0.15, -0.1) is 0 Å². The largest absolute Gasteiger partial charge is 0.325 e. The summed E-state index contributed by atoms with van der Waals surface area (Å²) in [6, 6.07) is 3.66. The Morgan fingerprint density at radius 3 is 2.33 bits per heavy atom. The second-order valence-corrected chi connectivity index (χ2v) is 4.02. The summed E-state index contributed by atoms with van der Waals surface area (Å²) in [4.78, 5) is 23.8. The van der Waals surface area contributed by atoms with E-state index in [-0.39, 0.29) is 26.8 Å². The van der Waals surface area contributed by atoms with Crippen molar-refractivity contribution in [2.75, 3.05) is 0 Å². The number of halogens is 2. The highest BCUT2D eigenvalue weighted by molar-refractivity contribution is 6.41. The third-order valence-corrected chi connectivity index (χ3v) is 2.88. The van der Waals surface area contributed by atoms with Crippen molar-refractivity contribution in [3.05, 3.63) is 48.6 Å². The Hall–Kier alpha value is -1.99. The predicted octanol–water partition coefficient (Wildman–Crippen LogP) is 3.36. The van der Waals surface area contributed by atoms with Crippen LogP contribution in [0.3, 0.4) is 0 Å². The summed E-state index contributed by atoms with van der Waals surface area (Å²) >= 11 is 11.5. The SMILES string of the molecule is O=[N+]([O-])c1ccc2nc(Cl)c([N+](=O)[O-])c(Cl)c2c1. The van der Waals surface area contributed by atoms with E-state index in [0.717, 1.165) is 6.07 Å². The number of benzene rings is 1. The first kappa shape index (κ1) is 12.5. The number of pyridine rings is 1. The molecule has 0 saturated heterocycles. The van der Waals surface area contributed by atoms with Crippen molar-refractivity contribution < 1.29 is 9.85 Å². The Bertz CT molecular complexity index is 689. The Morgan fingerprint density at radius 1 is 1.11 bits per heavy atom. The predicted molar refractivity (Wildman–Crippen MR) is 65.1 cm³/mol. The minimum Gasteiger partial charge on any atom is -0.258 e. The molecule has 9 heteroatoms.